The molecule has 9 nitrogen and oxygen atoms in total. The van der Waals surface area contributed by atoms with Gasteiger partial charge < -0.3 is 20.4 Å². The number of aromatic nitrogens is 3. The molecule has 1 amide bonds. The molecule has 0 radical (unpaired) electrons. The second-order valence-corrected chi connectivity index (χ2v) is 11.7. The van der Waals surface area contributed by atoms with Crippen LogP contribution in [0.25, 0.3) is 11.0 Å². The fourth-order valence-electron chi connectivity index (χ4n) is 4.78. The number of rotatable bonds is 7. The molecule has 3 N–H and O–H groups in total. The van der Waals surface area contributed by atoms with E-state index in [1.807, 2.05) is 6.92 Å². The Balaban J connectivity index is 1.20. The number of hydrogen-bond donors (Lipinski definition) is 2. The van der Waals surface area contributed by atoms with Gasteiger partial charge in [-0.2, -0.15) is 0 Å². The van der Waals surface area contributed by atoms with Crippen LogP contribution in [-0.2, 0) is 21.1 Å². The Hall–Kier alpha value is -3.83. The van der Waals surface area contributed by atoms with Crippen molar-refractivity contribution in [1.82, 2.24) is 19.9 Å². The fourth-order valence-corrected chi connectivity index (χ4v) is 6.54. The van der Waals surface area contributed by atoms with Crippen LogP contribution in [-0.4, -0.2) is 58.6 Å². The third-order valence-corrected chi connectivity index (χ3v) is 9.15. The van der Waals surface area contributed by atoms with Crippen LogP contribution >= 0.6 is 0 Å². The van der Waals surface area contributed by atoms with Crippen LogP contribution in [0.3, 0.4) is 0 Å². The maximum atomic E-state index is 14.9. The molecule has 198 valence electrons. The minimum absolute atomic E-state index is 0.00375. The Morgan fingerprint density at radius 2 is 1.92 bits per heavy atom. The highest BCUT2D eigenvalue weighted by Gasteiger charge is 2.33. The van der Waals surface area contributed by atoms with Crippen molar-refractivity contribution in [1.29, 1.82) is 0 Å². The van der Waals surface area contributed by atoms with E-state index in [0.29, 0.717) is 47.4 Å². The van der Waals surface area contributed by atoms with Crippen molar-refractivity contribution in [2.24, 2.45) is 5.73 Å². The summed E-state index contributed by atoms with van der Waals surface area (Å²) in [5, 5.41) is 0.127. The summed E-state index contributed by atoms with van der Waals surface area (Å²) in [5.74, 6) is -0.650. The van der Waals surface area contributed by atoms with Gasteiger partial charge in [0.1, 0.15) is 12.0 Å². The van der Waals surface area contributed by atoms with Crippen molar-refractivity contribution in [3.8, 4) is 11.6 Å². The minimum atomic E-state index is -3.46. The monoisotopic (exact) mass is 537 g/mol. The van der Waals surface area contributed by atoms with Gasteiger partial charge in [0.25, 0.3) is 0 Å². The normalized spacial score (nSPS) is 15.5. The number of hydrogen-bond acceptors (Lipinski definition) is 7. The molecule has 0 bridgehead atoms. The van der Waals surface area contributed by atoms with E-state index in [1.165, 1.54) is 18.5 Å². The van der Waals surface area contributed by atoms with Crippen molar-refractivity contribution >= 4 is 26.8 Å². The quantitative estimate of drug-likeness (QED) is 0.369. The van der Waals surface area contributed by atoms with Gasteiger partial charge in [0, 0.05) is 19.3 Å². The Morgan fingerprint density at radius 3 is 2.63 bits per heavy atom. The number of ether oxygens (including phenoxy) is 1. The summed E-state index contributed by atoms with van der Waals surface area (Å²) in [7, 11) is -3.46. The number of aryl methyl sites for hydroxylation is 1. The third-order valence-electron chi connectivity index (χ3n) is 6.87. The molecule has 0 saturated carbocycles. The topological polar surface area (TPSA) is 131 Å². The van der Waals surface area contributed by atoms with Crippen LogP contribution in [0.1, 0.15) is 24.0 Å². The lowest BCUT2D eigenvalue weighted by molar-refractivity contribution is -0.133. The molecule has 1 atom stereocenters. The number of benzene rings is 2. The van der Waals surface area contributed by atoms with Gasteiger partial charge >= 0.3 is 0 Å². The Kier molecular flexibility index (Phi) is 7.13. The number of halogens is 1. The number of carbonyl (C=O) groups excluding carboxylic acids is 1. The largest absolute Gasteiger partial charge is 0.435 e. The van der Waals surface area contributed by atoms with Gasteiger partial charge in [-0.1, -0.05) is 24.3 Å². The zero-order valence-electron chi connectivity index (χ0n) is 20.8. The van der Waals surface area contributed by atoms with E-state index < -0.39 is 26.9 Å². The number of nitrogens with one attached hydrogen (secondary N) is 1. The summed E-state index contributed by atoms with van der Waals surface area (Å²) >= 11 is 0. The molecule has 4 aromatic rings. The highest BCUT2D eigenvalue weighted by atomic mass is 32.2. The molecule has 0 aliphatic carbocycles. The summed E-state index contributed by atoms with van der Waals surface area (Å²) in [6.45, 7) is 2.48. The molecule has 1 saturated heterocycles. The number of nitrogens with two attached hydrogens (primary N) is 1. The van der Waals surface area contributed by atoms with Crippen LogP contribution in [0, 0.1) is 12.7 Å². The number of likely N-dealkylation sites (tertiary alicyclic amines) is 1. The van der Waals surface area contributed by atoms with Gasteiger partial charge in [-0.25, -0.2) is 22.8 Å². The smallest absolute Gasteiger partial charge is 0.239 e. The number of piperidine rings is 1. The van der Waals surface area contributed by atoms with E-state index in [4.69, 9.17) is 10.5 Å². The van der Waals surface area contributed by atoms with Crippen LogP contribution < -0.4 is 10.5 Å². The van der Waals surface area contributed by atoms with Crippen LogP contribution in [0.5, 0.6) is 11.6 Å². The minimum Gasteiger partial charge on any atom is -0.435 e. The van der Waals surface area contributed by atoms with Crippen molar-refractivity contribution in [2.45, 2.75) is 42.4 Å². The van der Waals surface area contributed by atoms with Crippen molar-refractivity contribution in [2.75, 3.05) is 13.1 Å². The molecule has 3 heterocycles. The van der Waals surface area contributed by atoms with Crippen molar-refractivity contribution in [3.63, 3.8) is 0 Å². The van der Waals surface area contributed by atoms with E-state index in [1.54, 1.807) is 47.5 Å². The fraction of sp³-hybridized carbons (Fsp3) is 0.296. The van der Waals surface area contributed by atoms with E-state index in [9.17, 15) is 17.6 Å². The predicted octanol–water partition coefficient (Wildman–Crippen LogP) is 3.53. The zero-order chi connectivity index (χ0) is 26.9. The lowest BCUT2D eigenvalue weighted by atomic mass is 10.0. The van der Waals surface area contributed by atoms with Crippen molar-refractivity contribution < 1.29 is 22.3 Å². The van der Waals surface area contributed by atoms with Gasteiger partial charge in [0.05, 0.1) is 21.6 Å². The number of sulfone groups is 1. The van der Waals surface area contributed by atoms with E-state index in [-0.39, 0.29) is 24.0 Å². The summed E-state index contributed by atoms with van der Waals surface area (Å²) < 4.78 is 46.4. The van der Waals surface area contributed by atoms with E-state index in [2.05, 4.69) is 15.0 Å². The second-order valence-electron chi connectivity index (χ2n) is 9.43. The molecule has 1 unspecified atom stereocenters. The summed E-state index contributed by atoms with van der Waals surface area (Å²) in [4.78, 5) is 26.1. The van der Waals surface area contributed by atoms with Crippen molar-refractivity contribution in [3.05, 3.63) is 78.0 Å². The average Bonchev–Trinajstić information content (AvgIpc) is 3.32. The Morgan fingerprint density at radius 1 is 1.18 bits per heavy atom. The summed E-state index contributed by atoms with van der Waals surface area (Å²) in [5.41, 5.74) is 8.20. The first-order valence-corrected chi connectivity index (χ1v) is 13.9. The first kappa shape index (κ1) is 25.8. The predicted molar refractivity (Wildman–Crippen MR) is 140 cm³/mol. The first-order valence-electron chi connectivity index (χ1n) is 12.3. The molecule has 2 aromatic heterocycles. The molecular formula is C27H28FN5O4S. The van der Waals surface area contributed by atoms with E-state index in [0.717, 1.165) is 5.56 Å². The number of H-pyrrole nitrogens is 1. The maximum Gasteiger partial charge on any atom is 0.239 e. The highest BCUT2D eigenvalue weighted by Crippen LogP contribution is 2.31. The Labute approximate surface area is 219 Å². The Bertz CT molecular complexity index is 1570. The lowest BCUT2D eigenvalue weighted by Crippen LogP contribution is -2.49. The number of aromatic amines is 1. The number of nitrogens with zero attached hydrogens (tertiary/aromatic N) is 3. The molecule has 11 heteroatoms. The molecule has 1 aliphatic heterocycles. The van der Waals surface area contributed by atoms with Crippen LogP contribution in [0.15, 0.2) is 66.0 Å². The van der Waals surface area contributed by atoms with Gasteiger partial charge in [-0.15, -0.1) is 0 Å². The zero-order valence-corrected chi connectivity index (χ0v) is 21.6. The maximum absolute atomic E-state index is 14.9. The second kappa shape index (κ2) is 10.5. The number of fused-ring (bicyclic) bond motifs is 1. The standard InChI is InChI=1S/C27H28FN5O4S/c1-17-15-30-25-24(17)26(32-16-31-25)37-23-8-7-18(13-21(23)28)14-22(29)27(34)33-11-9-20(10-12-33)38(35,36)19-5-3-2-4-6-19/h2-8,13,15-16,20,22H,9-12,14,29H2,1H3,(H,30,31,32). The summed E-state index contributed by atoms with van der Waals surface area (Å²) in [6.07, 6.45) is 3.92. The van der Waals surface area contributed by atoms with E-state index >= 15 is 0 Å². The molecule has 5 rings (SSSR count). The molecule has 1 aliphatic rings. The van der Waals surface area contributed by atoms with Crippen LogP contribution in [0.2, 0.25) is 0 Å². The van der Waals surface area contributed by atoms with Gasteiger partial charge in [0.15, 0.2) is 21.4 Å². The molecule has 38 heavy (non-hydrogen) atoms. The molecule has 2 aromatic carbocycles. The summed E-state index contributed by atoms with van der Waals surface area (Å²) in [6, 6.07) is 11.9. The lowest BCUT2D eigenvalue weighted by Gasteiger charge is -2.33. The van der Waals surface area contributed by atoms with Gasteiger partial charge in [-0.3, -0.25) is 4.79 Å². The average molecular weight is 538 g/mol. The first-order chi connectivity index (χ1) is 18.2. The molecule has 0 spiro atoms. The van der Waals surface area contributed by atoms with Crippen LogP contribution in [0.4, 0.5) is 4.39 Å². The highest BCUT2D eigenvalue weighted by molar-refractivity contribution is 7.92. The molecule has 1 fully saturated rings. The third kappa shape index (κ3) is 5.11. The molecular weight excluding hydrogens is 509 g/mol. The number of carbonyl (C=O) groups is 1. The SMILES string of the molecule is Cc1c[nH]c2ncnc(Oc3ccc(CC(N)C(=O)N4CCC(S(=O)(=O)c5ccccc5)CC4)cc3F)c12. The van der Waals surface area contributed by atoms with Gasteiger partial charge in [0.2, 0.25) is 11.8 Å². The van der Waals surface area contributed by atoms with Gasteiger partial charge in [-0.05, 0) is 61.6 Å². The number of amides is 1.